The number of hydrogen-bond donors (Lipinski definition) is 1. The number of sulfonamides is 1. The summed E-state index contributed by atoms with van der Waals surface area (Å²) in [6, 6.07) is 10.7. The average Bonchev–Trinajstić information content (AvgIpc) is 2.69. The average molecular weight is 350 g/mol. The molecule has 0 aliphatic heterocycles. The van der Waals surface area contributed by atoms with E-state index in [2.05, 4.69) is 4.72 Å². The van der Waals surface area contributed by atoms with E-state index < -0.39 is 15.6 Å². The van der Waals surface area contributed by atoms with Gasteiger partial charge in [-0.2, -0.15) is 0 Å². The van der Waals surface area contributed by atoms with E-state index >= 15 is 0 Å². The van der Waals surface area contributed by atoms with Gasteiger partial charge < -0.3 is 0 Å². The number of halogens is 2. The first-order chi connectivity index (χ1) is 9.22. The Morgan fingerprint density at radius 2 is 1.75 bits per heavy atom. The van der Waals surface area contributed by atoms with Crippen LogP contribution >= 0.6 is 34.5 Å². The Labute approximate surface area is 132 Å². The van der Waals surface area contributed by atoms with Gasteiger partial charge in [0.1, 0.15) is 9.23 Å². The summed E-state index contributed by atoms with van der Waals surface area (Å²) >= 11 is 12.8. The Bertz CT molecular complexity index is 709. The summed E-state index contributed by atoms with van der Waals surface area (Å²) in [6.07, 6.45) is 0. The van der Waals surface area contributed by atoms with Crippen molar-refractivity contribution in [2.24, 2.45) is 0 Å². The molecule has 0 radical (unpaired) electrons. The van der Waals surface area contributed by atoms with E-state index in [1.165, 1.54) is 6.07 Å². The molecule has 0 aliphatic rings. The molecule has 0 aliphatic carbocycles. The van der Waals surface area contributed by atoms with E-state index in [0.717, 1.165) is 16.9 Å². The number of rotatable bonds is 4. The van der Waals surface area contributed by atoms with Gasteiger partial charge in [-0.1, -0.05) is 53.5 Å². The van der Waals surface area contributed by atoms with Gasteiger partial charge in [-0.3, -0.25) is 0 Å². The van der Waals surface area contributed by atoms with Gasteiger partial charge in [-0.25, -0.2) is 13.1 Å². The molecule has 0 atom stereocenters. The van der Waals surface area contributed by atoms with Gasteiger partial charge in [-0.15, -0.1) is 11.3 Å². The monoisotopic (exact) mass is 349 g/mol. The van der Waals surface area contributed by atoms with E-state index in [1.807, 2.05) is 30.3 Å². The Hall–Kier alpha value is -0.590. The van der Waals surface area contributed by atoms with Crippen LogP contribution in [0.2, 0.25) is 8.67 Å². The lowest BCUT2D eigenvalue weighted by Gasteiger charge is -2.26. The minimum atomic E-state index is -3.73. The molecule has 20 heavy (non-hydrogen) atoms. The molecule has 0 unspecified atom stereocenters. The highest BCUT2D eigenvalue weighted by atomic mass is 35.5. The summed E-state index contributed by atoms with van der Waals surface area (Å²) in [5.74, 6) is 0. The fourth-order valence-electron chi connectivity index (χ4n) is 1.81. The molecule has 0 bridgehead atoms. The lowest BCUT2D eigenvalue weighted by Crippen LogP contribution is -2.40. The summed E-state index contributed by atoms with van der Waals surface area (Å²) in [5.41, 5.74) is 0.110. The Kier molecular flexibility index (Phi) is 4.47. The maximum Gasteiger partial charge on any atom is 0.243 e. The molecule has 0 amide bonds. The SMILES string of the molecule is CC(C)(NS(=O)(=O)c1cc(Cl)sc1Cl)c1ccccc1. The molecule has 1 aromatic heterocycles. The molecular weight excluding hydrogens is 337 g/mol. The van der Waals surface area contributed by atoms with Crippen LogP contribution in [0.15, 0.2) is 41.3 Å². The van der Waals surface area contributed by atoms with Gasteiger partial charge in [0, 0.05) is 0 Å². The van der Waals surface area contributed by atoms with Crippen LogP contribution < -0.4 is 4.72 Å². The normalized spacial score (nSPS) is 12.6. The maximum atomic E-state index is 12.4. The summed E-state index contributed by atoms with van der Waals surface area (Å²) in [6.45, 7) is 3.59. The molecule has 1 N–H and O–H groups in total. The smallest absolute Gasteiger partial charge is 0.207 e. The molecule has 0 saturated heterocycles. The largest absolute Gasteiger partial charge is 0.243 e. The fourth-order valence-corrected chi connectivity index (χ4v) is 5.37. The predicted molar refractivity (Wildman–Crippen MR) is 84.1 cm³/mol. The standard InChI is InChI=1S/C13H13Cl2NO2S2/c1-13(2,9-6-4-3-5-7-9)16-20(17,18)10-8-11(14)19-12(10)15/h3-8,16H,1-2H3. The second-order valence-electron chi connectivity index (χ2n) is 4.78. The zero-order valence-corrected chi connectivity index (χ0v) is 14.0. The van der Waals surface area contributed by atoms with Crippen LogP contribution in [0.25, 0.3) is 0 Å². The zero-order valence-electron chi connectivity index (χ0n) is 10.9. The third-order valence-electron chi connectivity index (χ3n) is 2.80. The molecule has 0 fully saturated rings. The van der Waals surface area contributed by atoms with Crippen molar-refractivity contribution >= 4 is 44.6 Å². The lowest BCUT2D eigenvalue weighted by atomic mass is 9.96. The van der Waals surface area contributed by atoms with Crippen LogP contribution in [0.3, 0.4) is 0 Å². The van der Waals surface area contributed by atoms with Gasteiger partial charge in [0.25, 0.3) is 0 Å². The molecule has 0 spiro atoms. The highest BCUT2D eigenvalue weighted by molar-refractivity contribution is 7.89. The first-order valence-corrected chi connectivity index (χ1v) is 8.82. The van der Waals surface area contributed by atoms with Gasteiger partial charge in [0.2, 0.25) is 10.0 Å². The molecule has 3 nitrogen and oxygen atoms in total. The van der Waals surface area contributed by atoms with Crippen molar-refractivity contribution in [1.82, 2.24) is 4.72 Å². The van der Waals surface area contributed by atoms with Gasteiger partial charge in [0.05, 0.1) is 9.88 Å². The molecule has 108 valence electrons. The third kappa shape index (κ3) is 3.35. The summed E-state index contributed by atoms with van der Waals surface area (Å²) in [4.78, 5) is 0.0122. The van der Waals surface area contributed by atoms with Crippen LogP contribution in [-0.4, -0.2) is 8.42 Å². The second kappa shape index (κ2) is 5.66. The van der Waals surface area contributed by atoms with Crippen molar-refractivity contribution < 1.29 is 8.42 Å². The number of nitrogens with one attached hydrogen (secondary N) is 1. The van der Waals surface area contributed by atoms with Gasteiger partial charge in [-0.05, 0) is 25.5 Å². The lowest BCUT2D eigenvalue weighted by molar-refractivity contribution is 0.472. The molecule has 1 heterocycles. The summed E-state index contributed by atoms with van der Waals surface area (Å²) < 4.78 is 28.0. The van der Waals surface area contributed by atoms with E-state index in [0.29, 0.717) is 4.34 Å². The van der Waals surface area contributed by atoms with E-state index in [4.69, 9.17) is 23.2 Å². The highest BCUT2D eigenvalue weighted by Crippen LogP contribution is 2.35. The molecule has 2 rings (SSSR count). The van der Waals surface area contributed by atoms with Crippen molar-refractivity contribution in [2.75, 3.05) is 0 Å². The Morgan fingerprint density at radius 1 is 1.15 bits per heavy atom. The molecule has 2 aromatic rings. The number of hydrogen-bond acceptors (Lipinski definition) is 3. The van der Waals surface area contributed by atoms with Crippen LogP contribution in [-0.2, 0) is 15.6 Å². The summed E-state index contributed by atoms with van der Waals surface area (Å²) in [7, 11) is -3.73. The van der Waals surface area contributed by atoms with E-state index in [-0.39, 0.29) is 9.23 Å². The quantitative estimate of drug-likeness (QED) is 0.895. The van der Waals surface area contributed by atoms with Crippen LogP contribution in [0.4, 0.5) is 0 Å². The molecule has 1 aromatic carbocycles. The van der Waals surface area contributed by atoms with Crippen LogP contribution in [0.5, 0.6) is 0 Å². The minimum absolute atomic E-state index is 0.0122. The molecular formula is C13H13Cl2NO2S2. The third-order valence-corrected chi connectivity index (χ3v) is 6.21. The van der Waals surface area contributed by atoms with E-state index in [1.54, 1.807) is 13.8 Å². The van der Waals surface area contributed by atoms with Crippen molar-refractivity contribution in [3.63, 3.8) is 0 Å². The van der Waals surface area contributed by atoms with Crippen molar-refractivity contribution in [2.45, 2.75) is 24.3 Å². The summed E-state index contributed by atoms with van der Waals surface area (Å²) in [5, 5.41) is 0. The van der Waals surface area contributed by atoms with Gasteiger partial charge >= 0.3 is 0 Å². The Morgan fingerprint density at radius 3 is 2.25 bits per heavy atom. The first kappa shape index (κ1) is 15.8. The zero-order chi connectivity index (χ0) is 15.0. The topological polar surface area (TPSA) is 46.2 Å². The fraction of sp³-hybridized carbons (Fsp3) is 0.231. The first-order valence-electron chi connectivity index (χ1n) is 5.77. The minimum Gasteiger partial charge on any atom is -0.207 e. The van der Waals surface area contributed by atoms with Crippen LogP contribution in [0, 0.1) is 0 Å². The van der Waals surface area contributed by atoms with Crippen molar-refractivity contribution in [3.8, 4) is 0 Å². The highest BCUT2D eigenvalue weighted by Gasteiger charge is 2.30. The van der Waals surface area contributed by atoms with Crippen molar-refractivity contribution in [1.29, 1.82) is 0 Å². The second-order valence-corrected chi connectivity index (χ2v) is 8.72. The van der Waals surface area contributed by atoms with Crippen LogP contribution in [0.1, 0.15) is 19.4 Å². The van der Waals surface area contributed by atoms with E-state index in [9.17, 15) is 8.42 Å². The Balaban J connectivity index is 2.35. The number of thiophene rings is 1. The number of benzene rings is 1. The van der Waals surface area contributed by atoms with Gasteiger partial charge in [0.15, 0.2) is 0 Å². The maximum absolute atomic E-state index is 12.4. The van der Waals surface area contributed by atoms with Crippen molar-refractivity contribution in [3.05, 3.63) is 50.6 Å². The molecule has 0 saturated carbocycles. The predicted octanol–water partition coefficient (Wildman–Crippen LogP) is 4.27. The molecule has 7 heteroatoms.